The number of hydrogen-bond donors (Lipinski definition) is 0. The Morgan fingerprint density at radius 1 is 1.04 bits per heavy atom. The molecule has 0 atom stereocenters. The molecular formula is C17H20N2O4. The summed E-state index contributed by atoms with van der Waals surface area (Å²) >= 11 is 0. The first-order valence-electron chi connectivity index (χ1n) is 7.53. The first-order valence-corrected chi connectivity index (χ1v) is 7.53. The van der Waals surface area contributed by atoms with Crippen molar-refractivity contribution in [1.82, 2.24) is 9.55 Å². The Kier molecular flexibility index (Phi) is 5.51. The standard InChI is InChI=1S/C17H20N2O4/c1-4-22-16(20)14-15(17(21)23-5-2)19(12(3)18-14)11-13-9-7-6-8-10-13/h6-10H,4-5,11H2,1-3H3. The molecule has 0 fully saturated rings. The van der Waals surface area contributed by atoms with Crippen LogP contribution in [0.15, 0.2) is 30.3 Å². The lowest BCUT2D eigenvalue weighted by atomic mass is 10.2. The average molecular weight is 316 g/mol. The highest BCUT2D eigenvalue weighted by molar-refractivity contribution is 6.00. The Bertz CT molecular complexity index is 692. The molecule has 2 rings (SSSR count). The average Bonchev–Trinajstić information content (AvgIpc) is 2.86. The number of carbonyl (C=O) groups is 2. The van der Waals surface area contributed by atoms with E-state index in [1.54, 1.807) is 25.3 Å². The second-order valence-corrected chi connectivity index (χ2v) is 4.87. The summed E-state index contributed by atoms with van der Waals surface area (Å²) in [5, 5.41) is 0. The molecule has 1 aromatic carbocycles. The van der Waals surface area contributed by atoms with Crippen LogP contribution in [0.25, 0.3) is 0 Å². The van der Waals surface area contributed by atoms with Crippen LogP contribution in [0.4, 0.5) is 0 Å². The zero-order valence-electron chi connectivity index (χ0n) is 13.5. The third-order valence-electron chi connectivity index (χ3n) is 3.28. The minimum Gasteiger partial charge on any atom is -0.461 e. The van der Waals surface area contributed by atoms with E-state index in [4.69, 9.17) is 9.47 Å². The molecule has 0 bridgehead atoms. The van der Waals surface area contributed by atoms with Crippen LogP contribution in [0.2, 0.25) is 0 Å². The fraction of sp³-hybridized carbons (Fsp3) is 0.353. The van der Waals surface area contributed by atoms with Gasteiger partial charge in [-0.15, -0.1) is 0 Å². The second kappa shape index (κ2) is 7.58. The fourth-order valence-corrected chi connectivity index (χ4v) is 2.27. The van der Waals surface area contributed by atoms with Gasteiger partial charge in [0.15, 0.2) is 11.4 Å². The molecule has 6 nitrogen and oxygen atoms in total. The number of ether oxygens (including phenoxy) is 2. The molecule has 0 saturated heterocycles. The molecule has 0 saturated carbocycles. The van der Waals surface area contributed by atoms with Crippen molar-refractivity contribution in [3.05, 3.63) is 53.1 Å². The highest BCUT2D eigenvalue weighted by Gasteiger charge is 2.28. The number of hydrogen-bond acceptors (Lipinski definition) is 5. The van der Waals surface area contributed by atoms with E-state index in [0.717, 1.165) is 5.56 Å². The van der Waals surface area contributed by atoms with Gasteiger partial charge >= 0.3 is 11.9 Å². The van der Waals surface area contributed by atoms with Crippen LogP contribution < -0.4 is 0 Å². The third-order valence-corrected chi connectivity index (χ3v) is 3.28. The van der Waals surface area contributed by atoms with Crippen LogP contribution >= 0.6 is 0 Å². The number of esters is 2. The van der Waals surface area contributed by atoms with Gasteiger partial charge < -0.3 is 14.0 Å². The van der Waals surface area contributed by atoms with Crippen molar-refractivity contribution in [2.24, 2.45) is 0 Å². The number of carbonyl (C=O) groups excluding carboxylic acids is 2. The van der Waals surface area contributed by atoms with Crippen molar-refractivity contribution in [2.45, 2.75) is 27.3 Å². The number of benzene rings is 1. The van der Waals surface area contributed by atoms with Crippen molar-refractivity contribution < 1.29 is 19.1 Å². The Balaban J connectivity index is 2.47. The van der Waals surface area contributed by atoms with Crippen LogP contribution in [0, 0.1) is 6.92 Å². The molecule has 23 heavy (non-hydrogen) atoms. The lowest BCUT2D eigenvalue weighted by Gasteiger charge is -2.10. The van der Waals surface area contributed by atoms with Crippen molar-refractivity contribution in [1.29, 1.82) is 0 Å². The zero-order chi connectivity index (χ0) is 16.8. The molecule has 2 aromatic rings. The molecule has 0 aliphatic heterocycles. The molecule has 0 aliphatic rings. The summed E-state index contributed by atoms with van der Waals surface area (Å²) < 4.78 is 11.8. The van der Waals surface area contributed by atoms with Crippen LogP contribution in [0.5, 0.6) is 0 Å². The summed E-state index contributed by atoms with van der Waals surface area (Å²) in [7, 11) is 0. The molecule has 0 N–H and O–H groups in total. The molecule has 0 spiro atoms. The number of nitrogens with zero attached hydrogens (tertiary/aromatic N) is 2. The van der Waals surface area contributed by atoms with Gasteiger partial charge in [-0.05, 0) is 26.3 Å². The van der Waals surface area contributed by atoms with Crippen LogP contribution in [-0.2, 0) is 16.0 Å². The number of aromatic nitrogens is 2. The minimum atomic E-state index is -0.620. The summed E-state index contributed by atoms with van der Waals surface area (Å²) in [4.78, 5) is 28.6. The lowest BCUT2D eigenvalue weighted by molar-refractivity contribution is 0.0467. The summed E-state index contributed by atoms with van der Waals surface area (Å²) in [5.74, 6) is -0.641. The SMILES string of the molecule is CCOC(=O)c1nc(C)n(Cc2ccccc2)c1C(=O)OCC. The summed E-state index contributed by atoms with van der Waals surface area (Å²) in [6, 6.07) is 9.63. The summed E-state index contributed by atoms with van der Waals surface area (Å²) in [5.41, 5.74) is 1.12. The topological polar surface area (TPSA) is 70.4 Å². The summed E-state index contributed by atoms with van der Waals surface area (Å²) in [6.07, 6.45) is 0. The van der Waals surface area contributed by atoms with Gasteiger partial charge in [-0.25, -0.2) is 14.6 Å². The van der Waals surface area contributed by atoms with Gasteiger partial charge in [-0.3, -0.25) is 0 Å². The highest BCUT2D eigenvalue weighted by atomic mass is 16.5. The van der Waals surface area contributed by atoms with E-state index in [0.29, 0.717) is 12.4 Å². The van der Waals surface area contributed by atoms with Crippen molar-refractivity contribution in [2.75, 3.05) is 13.2 Å². The first kappa shape index (κ1) is 16.7. The van der Waals surface area contributed by atoms with Crippen LogP contribution in [-0.4, -0.2) is 34.7 Å². The maximum absolute atomic E-state index is 12.3. The van der Waals surface area contributed by atoms with E-state index < -0.39 is 11.9 Å². The first-order chi connectivity index (χ1) is 11.1. The molecule has 6 heteroatoms. The molecule has 1 heterocycles. The van der Waals surface area contributed by atoms with Gasteiger partial charge in [-0.2, -0.15) is 0 Å². The Morgan fingerprint density at radius 2 is 1.65 bits per heavy atom. The monoisotopic (exact) mass is 316 g/mol. The van der Waals surface area contributed by atoms with E-state index >= 15 is 0 Å². The normalized spacial score (nSPS) is 10.4. The van der Waals surface area contributed by atoms with Crippen molar-refractivity contribution >= 4 is 11.9 Å². The molecule has 0 amide bonds. The zero-order valence-corrected chi connectivity index (χ0v) is 13.5. The van der Waals surface area contributed by atoms with Gasteiger partial charge in [0.25, 0.3) is 0 Å². The number of rotatable bonds is 6. The third kappa shape index (κ3) is 3.77. The summed E-state index contributed by atoms with van der Waals surface area (Å²) in [6.45, 7) is 6.02. The van der Waals surface area contributed by atoms with Gasteiger partial charge in [0.2, 0.25) is 0 Å². The van der Waals surface area contributed by atoms with Gasteiger partial charge in [0.1, 0.15) is 5.82 Å². The van der Waals surface area contributed by atoms with E-state index in [2.05, 4.69) is 4.98 Å². The predicted molar refractivity (Wildman–Crippen MR) is 84.4 cm³/mol. The maximum Gasteiger partial charge on any atom is 0.359 e. The smallest absolute Gasteiger partial charge is 0.359 e. The number of imidazole rings is 1. The van der Waals surface area contributed by atoms with Crippen molar-refractivity contribution in [3.63, 3.8) is 0 Å². The number of aryl methyl sites for hydroxylation is 1. The Morgan fingerprint density at radius 3 is 2.26 bits per heavy atom. The van der Waals surface area contributed by atoms with Crippen LogP contribution in [0.1, 0.15) is 46.2 Å². The van der Waals surface area contributed by atoms with E-state index in [1.165, 1.54) is 0 Å². The van der Waals surface area contributed by atoms with Gasteiger partial charge in [0.05, 0.1) is 13.2 Å². The molecule has 0 aliphatic carbocycles. The molecule has 0 radical (unpaired) electrons. The van der Waals surface area contributed by atoms with Gasteiger partial charge in [-0.1, -0.05) is 30.3 Å². The van der Waals surface area contributed by atoms with Crippen molar-refractivity contribution in [3.8, 4) is 0 Å². The molecular weight excluding hydrogens is 296 g/mol. The van der Waals surface area contributed by atoms with Gasteiger partial charge in [0, 0.05) is 6.54 Å². The largest absolute Gasteiger partial charge is 0.461 e. The molecule has 122 valence electrons. The van der Waals surface area contributed by atoms with Crippen LogP contribution in [0.3, 0.4) is 0 Å². The Labute approximate surface area is 135 Å². The molecule has 1 aromatic heterocycles. The molecule has 0 unspecified atom stereocenters. The predicted octanol–water partition coefficient (Wildman–Crippen LogP) is 2.59. The fourth-order valence-electron chi connectivity index (χ4n) is 2.27. The highest BCUT2D eigenvalue weighted by Crippen LogP contribution is 2.17. The second-order valence-electron chi connectivity index (χ2n) is 4.87. The minimum absolute atomic E-state index is 0.00117. The Hall–Kier alpha value is -2.63. The maximum atomic E-state index is 12.3. The van der Waals surface area contributed by atoms with E-state index in [1.807, 2.05) is 30.3 Å². The lowest BCUT2D eigenvalue weighted by Crippen LogP contribution is -2.18. The van der Waals surface area contributed by atoms with E-state index in [9.17, 15) is 9.59 Å². The van der Waals surface area contributed by atoms with E-state index in [-0.39, 0.29) is 24.6 Å². The quantitative estimate of drug-likeness (QED) is 0.766.